The molecule has 96 valence electrons. The second-order valence-corrected chi connectivity index (χ2v) is 5.59. The van der Waals surface area contributed by atoms with Crippen molar-refractivity contribution < 1.29 is 9.59 Å². The van der Waals surface area contributed by atoms with E-state index in [2.05, 4.69) is 0 Å². The first-order valence-electron chi connectivity index (χ1n) is 6.05. The van der Waals surface area contributed by atoms with Gasteiger partial charge >= 0.3 is 0 Å². The van der Waals surface area contributed by atoms with E-state index in [4.69, 9.17) is 0 Å². The molecule has 19 heavy (non-hydrogen) atoms. The quantitative estimate of drug-likeness (QED) is 0.789. The molecule has 0 bridgehead atoms. The summed E-state index contributed by atoms with van der Waals surface area (Å²) in [7, 11) is 0. The van der Waals surface area contributed by atoms with E-state index in [1.165, 1.54) is 11.3 Å². The Morgan fingerprint density at radius 1 is 1.53 bits per heavy atom. The number of carbonyl (C=O) groups excluding carboxylic acids is 2. The van der Waals surface area contributed by atoms with Crippen molar-refractivity contribution in [3.63, 3.8) is 0 Å². The van der Waals surface area contributed by atoms with Crippen LogP contribution in [0.2, 0.25) is 0 Å². The minimum absolute atomic E-state index is 0.0592. The van der Waals surface area contributed by atoms with Gasteiger partial charge in [0.15, 0.2) is 11.6 Å². The Balaban J connectivity index is 2.22. The van der Waals surface area contributed by atoms with Gasteiger partial charge in [0, 0.05) is 12.8 Å². The second-order valence-electron chi connectivity index (χ2n) is 4.65. The molecule has 1 aromatic rings. The summed E-state index contributed by atoms with van der Waals surface area (Å²) in [5.41, 5.74) is -1.28. The lowest BCUT2D eigenvalue weighted by Crippen LogP contribution is -2.33. The number of ketones is 2. The largest absolute Gasteiger partial charge is 0.298 e. The molecule has 2 rings (SSSR count). The zero-order valence-corrected chi connectivity index (χ0v) is 11.1. The average molecular weight is 272 g/mol. The Morgan fingerprint density at radius 2 is 2.32 bits per heavy atom. The van der Waals surface area contributed by atoms with Crippen LogP contribution in [0.4, 0.5) is 0 Å². The summed E-state index contributed by atoms with van der Waals surface area (Å²) in [6, 6.07) is 7.46. The van der Waals surface area contributed by atoms with Gasteiger partial charge in [0.2, 0.25) is 0 Å². The van der Waals surface area contributed by atoms with Gasteiger partial charge < -0.3 is 0 Å². The van der Waals surface area contributed by atoms with Crippen molar-refractivity contribution in [3.05, 3.63) is 22.4 Å². The van der Waals surface area contributed by atoms with Gasteiger partial charge in [-0.15, -0.1) is 11.3 Å². The molecule has 5 heteroatoms. The highest BCUT2D eigenvalue weighted by atomic mass is 32.1. The van der Waals surface area contributed by atoms with E-state index in [0.29, 0.717) is 24.1 Å². The first-order valence-corrected chi connectivity index (χ1v) is 6.93. The van der Waals surface area contributed by atoms with Crippen molar-refractivity contribution in [2.45, 2.75) is 25.7 Å². The predicted octanol–water partition coefficient (Wildman–Crippen LogP) is 2.72. The zero-order valence-electron chi connectivity index (χ0n) is 10.3. The number of thiophene rings is 1. The van der Waals surface area contributed by atoms with E-state index in [-0.39, 0.29) is 18.0 Å². The molecule has 1 saturated carbocycles. The molecule has 0 N–H and O–H groups in total. The fourth-order valence-corrected chi connectivity index (χ4v) is 3.18. The molecule has 0 aromatic carbocycles. The lowest BCUT2D eigenvalue weighted by molar-refractivity contribution is -0.124. The molecule has 1 aliphatic rings. The third kappa shape index (κ3) is 2.30. The first kappa shape index (κ1) is 13.5. The van der Waals surface area contributed by atoms with Gasteiger partial charge in [-0.25, -0.2) is 0 Å². The van der Waals surface area contributed by atoms with E-state index >= 15 is 0 Å². The van der Waals surface area contributed by atoms with Crippen LogP contribution >= 0.6 is 11.3 Å². The fourth-order valence-electron chi connectivity index (χ4n) is 2.51. The first-order chi connectivity index (χ1) is 9.14. The van der Waals surface area contributed by atoms with Gasteiger partial charge in [-0.1, -0.05) is 6.07 Å². The number of nitrogens with zero attached hydrogens (tertiary/aromatic N) is 2. The molecule has 1 heterocycles. The highest BCUT2D eigenvalue weighted by Gasteiger charge is 2.49. The maximum atomic E-state index is 12.0. The number of carbonyl (C=O) groups is 2. The summed E-state index contributed by atoms with van der Waals surface area (Å²) in [6.07, 6.45) is 1.28. The maximum Gasteiger partial charge on any atom is 0.174 e. The molecule has 0 unspecified atom stereocenters. The van der Waals surface area contributed by atoms with Gasteiger partial charge in [-0.05, 0) is 24.3 Å². The molecule has 1 aliphatic carbocycles. The molecular formula is C14H12N2O2S. The van der Waals surface area contributed by atoms with Gasteiger partial charge in [0.05, 0.1) is 22.9 Å². The third-order valence-corrected chi connectivity index (χ3v) is 4.52. The van der Waals surface area contributed by atoms with E-state index in [1.54, 1.807) is 17.5 Å². The Morgan fingerprint density at radius 3 is 2.79 bits per heavy atom. The highest BCUT2D eigenvalue weighted by molar-refractivity contribution is 7.12. The minimum atomic E-state index is -1.28. The van der Waals surface area contributed by atoms with Crippen molar-refractivity contribution in [2.75, 3.05) is 0 Å². The summed E-state index contributed by atoms with van der Waals surface area (Å²) < 4.78 is 0. The number of hydrogen-bond donors (Lipinski definition) is 0. The summed E-state index contributed by atoms with van der Waals surface area (Å²) >= 11 is 1.31. The van der Waals surface area contributed by atoms with Gasteiger partial charge in [-0.3, -0.25) is 9.59 Å². The second kappa shape index (κ2) is 5.34. The Kier molecular flexibility index (Phi) is 3.78. The highest BCUT2D eigenvalue weighted by Crippen LogP contribution is 2.42. The van der Waals surface area contributed by atoms with E-state index in [9.17, 15) is 20.1 Å². The van der Waals surface area contributed by atoms with Crippen LogP contribution < -0.4 is 0 Å². The monoisotopic (exact) mass is 272 g/mol. The lowest BCUT2D eigenvalue weighted by atomic mass is 9.73. The number of rotatable bonds is 4. The van der Waals surface area contributed by atoms with E-state index < -0.39 is 11.3 Å². The van der Waals surface area contributed by atoms with Gasteiger partial charge in [-0.2, -0.15) is 10.5 Å². The number of Topliss-reactive ketones (excluding diaryl/α,β-unsaturated/α-hetero) is 2. The lowest BCUT2D eigenvalue weighted by Gasteiger charge is -2.23. The van der Waals surface area contributed by atoms with Gasteiger partial charge in [0.1, 0.15) is 5.41 Å². The zero-order chi connectivity index (χ0) is 13.9. The topological polar surface area (TPSA) is 81.7 Å². The van der Waals surface area contributed by atoms with Crippen LogP contribution in [-0.4, -0.2) is 11.6 Å². The van der Waals surface area contributed by atoms with Crippen molar-refractivity contribution in [3.8, 4) is 12.1 Å². The molecule has 2 atom stereocenters. The van der Waals surface area contributed by atoms with Crippen molar-refractivity contribution in [1.29, 1.82) is 10.5 Å². The predicted molar refractivity (Wildman–Crippen MR) is 69.3 cm³/mol. The standard InChI is InChI=1S/C14H12N2O2S/c15-8-10(7-11(17)12-3-2-6-19-12)14(9-16)5-1-4-13(14)18/h2-3,6,10H,1,4-5,7H2/t10-,14-/m1/s1. The van der Waals surface area contributed by atoms with Crippen molar-refractivity contribution >= 4 is 22.9 Å². The van der Waals surface area contributed by atoms with Crippen molar-refractivity contribution in [1.82, 2.24) is 0 Å². The van der Waals surface area contributed by atoms with Crippen LogP contribution in [0.3, 0.4) is 0 Å². The minimum Gasteiger partial charge on any atom is -0.298 e. The molecule has 0 spiro atoms. The van der Waals surface area contributed by atoms with Gasteiger partial charge in [0.25, 0.3) is 0 Å². The Labute approximate surface area is 115 Å². The van der Waals surface area contributed by atoms with Crippen LogP contribution in [0.1, 0.15) is 35.4 Å². The van der Waals surface area contributed by atoms with Crippen LogP contribution in [-0.2, 0) is 4.79 Å². The number of hydrogen-bond acceptors (Lipinski definition) is 5. The molecule has 0 aliphatic heterocycles. The molecule has 4 nitrogen and oxygen atoms in total. The molecule has 1 fully saturated rings. The Bertz CT molecular complexity index is 580. The summed E-state index contributed by atoms with van der Waals surface area (Å²) in [4.78, 5) is 24.5. The third-order valence-electron chi connectivity index (χ3n) is 3.61. The molecular weight excluding hydrogens is 260 g/mol. The number of nitriles is 2. The molecule has 1 aromatic heterocycles. The van der Waals surface area contributed by atoms with Crippen LogP contribution in [0, 0.1) is 34.0 Å². The maximum absolute atomic E-state index is 12.0. The summed E-state index contributed by atoms with van der Waals surface area (Å²) in [5.74, 6) is -1.21. The van der Waals surface area contributed by atoms with E-state index in [0.717, 1.165) is 0 Å². The van der Waals surface area contributed by atoms with Crippen molar-refractivity contribution in [2.24, 2.45) is 11.3 Å². The average Bonchev–Trinajstić information content (AvgIpc) is 3.05. The summed E-state index contributed by atoms with van der Waals surface area (Å²) in [6.45, 7) is 0. The fraction of sp³-hybridized carbons (Fsp3) is 0.429. The molecule has 0 amide bonds. The normalized spacial score (nSPS) is 23.6. The van der Waals surface area contributed by atoms with Crippen LogP contribution in [0.5, 0.6) is 0 Å². The Hall–Kier alpha value is -1.98. The molecule has 0 saturated heterocycles. The summed E-state index contributed by atoms with van der Waals surface area (Å²) in [5, 5.41) is 20.3. The SMILES string of the molecule is N#C[C@@H](CC(=O)c1cccs1)[C@]1(C#N)CCCC1=O. The van der Waals surface area contributed by atoms with Crippen LogP contribution in [0.25, 0.3) is 0 Å². The van der Waals surface area contributed by atoms with Crippen LogP contribution in [0.15, 0.2) is 17.5 Å². The smallest absolute Gasteiger partial charge is 0.174 e. The molecule has 0 radical (unpaired) electrons. The van der Waals surface area contributed by atoms with E-state index in [1.807, 2.05) is 12.1 Å².